The van der Waals surface area contributed by atoms with Gasteiger partial charge < -0.3 is 29.0 Å². The van der Waals surface area contributed by atoms with Crippen molar-refractivity contribution in [3.63, 3.8) is 0 Å². The standard InChI is InChI=1S/C23H30N4O3/c1-3-30-21-9-8-18(16-22(21)28-2)17-24-23-25-19-6-4-5-7-20(19)27(23)11-10-26-12-14-29-15-13-26/h4-9,16H,3,10-15,17H2,1-2H3,(H,24,25)/p+1. The summed E-state index contributed by atoms with van der Waals surface area (Å²) in [6.45, 7) is 9.08. The topological polar surface area (TPSA) is 62.0 Å². The average molecular weight is 412 g/mol. The van der Waals surface area contributed by atoms with Crippen LogP contribution in [0, 0.1) is 0 Å². The van der Waals surface area contributed by atoms with Crippen LogP contribution in [0.2, 0.25) is 0 Å². The number of benzene rings is 2. The fourth-order valence-corrected chi connectivity index (χ4v) is 3.89. The highest BCUT2D eigenvalue weighted by Crippen LogP contribution is 2.28. The lowest BCUT2D eigenvalue weighted by Gasteiger charge is -2.24. The van der Waals surface area contributed by atoms with E-state index in [0.29, 0.717) is 13.2 Å². The monoisotopic (exact) mass is 411 g/mol. The van der Waals surface area contributed by atoms with Gasteiger partial charge in [0, 0.05) is 6.54 Å². The van der Waals surface area contributed by atoms with Gasteiger partial charge in [0.2, 0.25) is 5.95 Å². The van der Waals surface area contributed by atoms with Crippen molar-refractivity contribution in [3.8, 4) is 11.5 Å². The van der Waals surface area contributed by atoms with Crippen LogP contribution in [-0.4, -0.2) is 56.1 Å². The number of hydrogen-bond acceptors (Lipinski definition) is 5. The largest absolute Gasteiger partial charge is 0.493 e. The molecular weight excluding hydrogens is 380 g/mol. The zero-order valence-electron chi connectivity index (χ0n) is 17.8. The molecule has 0 aliphatic carbocycles. The van der Waals surface area contributed by atoms with Crippen molar-refractivity contribution in [3.05, 3.63) is 48.0 Å². The van der Waals surface area contributed by atoms with Gasteiger partial charge in [-0.15, -0.1) is 0 Å². The highest BCUT2D eigenvalue weighted by Gasteiger charge is 2.16. The number of methoxy groups -OCH3 is 1. The second kappa shape index (κ2) is 9.82. The number of ether oxygens (including phenoxy) is 3. The van der Waals surface area contributed by atoms with Crippen LogP contribution in [0.25, 0.3) is 11.0 Å². The number of fused-ring (bicyclic) bond motifs is 1. The third kappa shape index (κ3) is 4.68. The molecule has 0 saturated carbocycles. The van der Waals surface area contributed by atoms with Crippen molar-refractivity contribution in [2.45, 2.75) is 20.0 Å². The van der Waals surface area contributed by atoms with E-state index in [1.165, 1.54) is 0 Å². The van der Waals surface area contributed by atoms with Gasteiger partial charge in [0.1, 0.15) is 13.1 Å². The molecule has 4 rings (SSSR count). The van der Waals surface area contributed by atoms with Crippen molar-refractivity contribution in [2.75, 3.05) is 51.9 Å². The molecule has 1 aliphatic heterocycles. The third-order valence-corrected chi connectivity index (χ3v) is 5.52. The van der Waals surface area contributed by atoms with Gasteiger partial charge in [-0.05, 0) is 36.8 Å². The Hall–Kier alpha value is -2.77. The molecule has 160 valence electrons. The Labute approximate surface area is 177 Å². The summed E-state index contributed by atoms with van der Waals surface area (Å²) in [6.07, 6.45) is 0. The summed E-state index contributed by atoms with van der Waals surface area (Å²) in [6, 6.07) is 14.4. The van der Waals surface area contributed by atoms with Crippen LogP contribution in [-0.2, 0) is 17.8 Å². The molecule has 1 saturated heterocycles. The highest BCUT2D eigenvalue weighted by molar-refractivity contribution is 5.78. The van der Waals surface area contributed by atoms with E-state index < -0.39 is 0 Å². The number of para-hydroxylation sites is 2. The number of nitrogens with one attached hydrogen (secondary N) is 2. The molecule has 0 spiro atoms. The molecule has 0 amide bonds. The minimum atomic E-state index is 0.614. The number of nitrogens with zero attached hydrogens (tertiary/aromatic N) is 2. The molecule has 1 aromatic heterocycles. The lowest BCUT2D eigenvalue weighted by Crippen LogP contribution is -3.14. The first-order valence-electron chi connectivity index (χ1n) is 10.7. The summed E-state index contributed by atoms with van der Waals surface area (Å²) < 4.78 is 18.9. The van der Waals surface area contributed by atoms with Crippen molar-refractivity contribution >= 4 is 17.0 Å². The zero-order chi connectivity index (χ0) is 20.8. The molecule has 1 fully saturated rings. The maximum absolute atomic E-state index is 5.62. The van der Waals surface area contributed by atoms with E-state index in [-0.39, 0.29) is 0 Å². The van der Waals surface area contributed by atoms with Crippen LogP contribution in [0.5, 0.6) is 11.5 Å². The average Bonchev–Trinajstić information content (AvgIpc) is 3.15. The first-order valence-corrected chi connectivity index (χ1v) is 10.7. The second-order valence-electron chi connectivity index (χ2n) is 7.46. The summed E-state index contributed by atoms with van der Waals surface area (Å²) in [5, 5.41) is 3.53. The van der Waals surface area contributed by atoms with Gasteiger partial charge in [0.15, 0.2) is 11.5 Å². The molecule has 2 N–H and O–H groups in total. The highest BCUT2D eigenvalue weighted by atomic mass is 16.5. The minimum absolute atomic E-state index is 0.614. The van der Waals surface area contributed by atoms with Gasteiger partial charge in [-0.1, -0.05) is 18.2 Å². The number of imidazole rings is 1. The molecule has 0 unspecified atom stereocenters. The third-order valence-electron chi connectivity index (χ3n) is 5.52. The Morgan fingerprint density at radius 2 is 1.97 bits per heavy atom. The fraction of sp³-hybridized carbons (Fsp3) is 0.435. The van der Waals surface area contributed by atoms with Gasteiger partial charge in [0.05, 0.1) is 51.1 Å². The maximum atomic E-state index is 5.62. The molecule has 2 aromatic carbocycles. The van der Waals surface area contributed by atoms with E-state index in [4.69, 9.17) is 19.2 Å². The van der Waals surface area contributed by atoms with Gasteiger partial charge in [-0.25, -0.2) is 4.98 Å². The molecule has 0 bridgehead atoms. The number of quaternary nitrogens is 1. The van der Waals surface area contributed by atoms with Crippen LogP contribution >= 0.6 is 0 Å². The van der Waals surface area contributed by atoms with E-state index in [0.717, 1.165) is 73.4 Å². The Balaban J connectivity index is 1.50. The number of anilines is 1. The fourth-order valence-electron chi connectivity index (χ4n) is 3.89. The van der Waals surface area contributed by atoms with Crippen molar-refractivity contribution in [2.24, 2.45) is 0 Å². The number of aromatic nitrogens is 2. The summed E-state index contributed by atoms with van der Waals surface area (Å²) in [4.78, 5) is 6.43. The lowest BCUT2D eigenvalue weighted by atomic mass is 10.2. The Morgan fingerprint density at radius 3 is 2.77 bits per heavy atom. The molecule has 2 heterocycles. The Bertz CT molecular complexity index is 966. The van der Waals surface area contributed by atoms with E-state index in [1.54, 1.807) is 12.0 Å². The summed E-state index contributed by atoms with van der Waals surface area (Å²) in [5.74, 6) is 2.42. The molecule has 7 nitrogen and oxygen atoms in total. The van der Waals surface area contributed by atoms with Gasteiger partial charge in [0.25, 0.3) is 0 Å². The van der Waals surface area contributed by atoms with Crippen LogP contribution in [0.15, 0.2) is 42.5 Å². The number of rotatable bonds is 9. The normalized spacial score (nSPS) is 14.7. The van der Waals surface area contributed by atoms with Crippen LogP contribution in [0.1, 0.15) is 12.5 Å². The number of morpholine rings is 1. The Morgan fingerprint density at radius 1 is 1.13 bits per heavy atom. The SMILES string of the molecule is CCOc1ccc(CNc2nc3ccccc3n2CC[NH+]2CCOCC2)cc1OC. The molecule has 0 radical (unpaired) electrons. The second-order valence-corrected chi connectivity index (χ2v) is 7.46. The first-order chi connectivity index (χ1) is 14.8. The zero-order valence-corrected chi connectivity index (χ0v) is 17.8. The molecular formula is C23H31N4O3+. The van der Waals surface area contributed by atoms with Crippen LogP contribution in [0.3, 0.4) is 0 Å². The minimum Gasteiger partial charge on any atom is -0.493 e. The van der Waals surface area contributed by atoms with Crippen LogP contribution in [0.4, 0.5) is 5.95 Å². The lowest BCUT2D eigenvalue weighted by molar-refractivity contribution is -0.908. The first kappa shape index (κ1) is 20.5. The molecule has 1 aliphatic rings. The maximum Gasteiger partial charge on any atom is 0.204 e. The van der Waals surface area contributed by atoms with Crippen molar-refractivity contribution in [1.29, 1.82) is 0 Å². The predicted molar refractivity (Wildman–Crippen MR) is 118 cm³/mol. The van der Waals surface area contributed by atoms with Crippen molar-refractivity contribution < 1.29 is 19.1 Å². The molecule has 3 aromatic rings. The molecule has 30 heavy (non-hydrogen) atoms. The number of hydrogen-bond donors (Lipinski definition) is 2. The van der Waals surface area contributed by atoms with Gasteiger partial charge in [-0.3, -0.25) is 0 Å². The van der Waals surface area contributed by atoms with Gasteiger partial charge >= 0.3 is 0 Å². The molecule has 0 atom stereocenters. The summed E-state index contributed by atoms with van der Waals surface area (Å²) in [5.41, 5.74) is 3.30. The molecule has 7 heteroatoms. The summed E-state index contributed by atoms with van der Waals surface area (Å²) >= 11 is 0. The Kier molecular flexibility index (Phi) is 6.71. The predicted octanol–water partition coefficient (Wildman–Crippen LogP) is 1.97. The quantitative estimate of drug-likeness (QED) is 0.564. The van der Waals surface area contributed by atoms with E-state index in [9.17, 15) is 0 Å². The summed E-state index contributed by atoms with van der Waals surface area (Å²) in [7, 11) is 1.67. The van der Waals surface area contributed by atoms with Gasteiger partial charge in [-0.2, -0.15) is 0 Å². The smallest absolute Gasteiger partial charge is 0.204 e. The van der Waals surface area contributed by atoms with Crippen molar-refractivity contribution in [1.82, 2.24) is 9.55 Å². The van der Waals surface area contributed by atoms with E-state index >= 15 is 0 Å². The van der Waals surface area contributed by atoms with Crippen LogP contribution < -0.4 is 19.7 Å². The van der Waals surface area contributed by atoms with E-state index in [2.05, 4.69) is 34.1 Å². The van der Waals surface area contributed by atoms with E-state index in [1.807, 2.05) is 25.1 Å².